The van der Waals surface area contributed by atoms with Crippen LogP contribution in [0, 0.1) is 16.0 Å². The lowest BCUT2D eigenvalue weighted by Gasteiger charge is -2.24. The molecule has 0 bridgehead atoms. The van der Waals surface area contributed by atoms with Crippen molar-refractivity contribution in [2.45, 2.75) is 19.9 Å². The molecular weight excluding hydrogens is 367 g/mol. The largest absolute Gasteiger partial charge is 0.379 e. The van der Waals surface area contributed by atoms with Gasteiger partial charge in [-0.15, -0.1) is 5.11 Å². The minimum Gasteiger partial charge on any atom is -0.379 e. The smallest absolute Gasteiger partial charge is 0.368 e. The number of nitro groups is 1. The van der Waals surface area contributed by atoms with E-state index >= 15 is 0 Å². The lowest BCUT2D eigenvalue weighted by molar-refractivity contribution is -0.390. The number of rotatable bonds is 6. The first kappa shape index (κ1) is 18.9. The molecule has 0 spiro atoms. The van der Waals surface area contributed by atoms with E-state index in [1.54, 1.807) is 12.1 Å². The van der Waals surface area contributed by atoms with E-state index in [0.29, 0.717) is 27.7 Å². The molecule has 1 aliphatic carbocycles. The molecule has 0 saturated heterocycles. The van der Waals surface area contributed by atoms with Gasteiger partial charge in [0.05, 0.1) is 27.5 Å². The number of hydrogen-bond acceptors (Lipinski definition) is 6. The fourth-order valence-corrected chi connectivity index (χ4v) is 3.00. The van der Waals surface area contributed by atoms with E-state index in [-0.39, 0.29) is 18.3 Å². The van der Waals surface area contributed by atoms with Crippen molar-refractivity contribution in [1.82, 2.24) is 10.3 Å². The van der Waals surface area contributed by atoms with Crippen molar-refractivity contribution in [3.05, 3.63) is 67.6 Å². The van der Waals surface area contributed by atoms with E-state index in [4.69, 9.17) is 29.0 Å². The first-order valence-corrected chi connectivity index (χ1v) is 8.09. The summed E-state index contributed by atoms with van der Waals surface area (Å²) < 4.78 is 0. The first-order valence-electron chi connectivity index (χ1n) is 7.34. The normalized spacial score (nSPS) is 18.4. The van der Waals surface area contributed by atoms with Crippen molar-refractivity contribution in [3.63, 3.8) is 0 Å². The molecule has 0 aromatic carbocycles. The molecule has 1 aromatic heterocycles. The van der Waals surface area contributed by atoms with Crippen molar-refractivity contribution in [2.24, 2.45) is 22.1 Å². The average molecular weight is 383 g/mol. The van der Waals surface area contributed by atoms with Crippen molar-refractivity contribution in [3.8, 4) is 0 Å². The van der Waals surface area contributed by atoms with Crippen LogP contribution >= 0.6 is 23.2 Å². The minimum absolute atomic E-state index is 0.0746. The second-order valence-electron chi connectivity index (χ2n) is 5.29. The fraction of sp³-hybridized carbons (Fsp3) is 0.267. The van der Waals surface area contributed by atoms with Crippen LogP contribution in [0.15, 0.2) is 62.3 Å². The molecule has 8 nitrogen and oxygen atoms in total. The second kappa shape index (κ2) is 8.59. The lowest BCUT2D eigenvalue weighted by Crippen LogP contribution is -2.20. The van der Waals surface area contributed by atoms with Gasteiger partial charge in [0.2, 0.25) is 0 Å². The molecule has 25 heavy (non-hydrogen) atoms. The molecule has 3 N–H and O–H groups in total. The highest BCUT2D eigenvalue weighted by molar-refractivity contribution is 6.44. The number of allylic oxidation sites excluding steroid dienone is 4. The van der Waals surface area contributed by atoms with Crippen molar-refractivity contribution < 1.29 is 4.92 Å². The fourth-order valence-electron chi connectivity index (χ4n) is 2.44. The molecular formula is C15H16Cl2N6O2. The standard InChI is InChI=1S/C15H16Cl2N6O2/c1-9-4-5-11(16)14(17)13(9)12(8-21-22-18)20-7-10-3-2-6-19-15(10)23(24)25/h2-3,5-6,8-9,20H,4,7H2,1H3,(H2,18,21)/b12-8+. The van der Waals surface area contributed by atoms with Gasteiger partial charge in [-0.2, -0.15) is 0 Å². The summed E-state index contributed by atoms with van der Waals surface area (Å²) >= 11 is 12.5. The van der Waals surface area contributed by atoms with E-state index in [0.717, 1.165) is 5.57 Å². The van der Waals surface area contributed by atoms with E-state index in [1.165, 1.54) is 12.4 Å². The van der Waals surface area contributed by atoms with Crippen molar-refractivity contribution in [2.75, 3.05) is 0 Å². The topological polar surface area (TPSA) is 119 Å². The molecule has 2 rings (SSSR count). The highest BCUT2D eigenvalue weighted by Gasteiger charge is 2.23. The number of nitrogens with zero attached hydrogens (tertiary/aromatic N) is 4. The molecule has 10 heteroatoms. The third kappa shape index (κ3) is 4.55. The van der Waals surface area contributed by atoms with Crippen LogP contribution in [0.25, 0.3) is 0 Å². The van der Waals surface area contributed by atoms with Crippen LogP contribution in [0.4, 0.5) is 5.82 Å². The molecule has 1 aliphatic rings. The Morgan fingerprint density at radius 2 is 2.36 bits per heavy atom. The maximum atomic E-state index is 11.1. The van der Waals surface area contributed by atoms with Crippen LogP contribution in [0.2, 0.25) is 0 Å². The molecule has 0 saturated carbocycles. The molecule has 132 valence electrons. The molecule has 1 unspecified atom stereocenters. The first-order chi connectivity index (χ1) is 12.0. The van der Waals surface area contributed by atoms with Crippen LogP contribution in [0.5, 0.6) is 0 Å². The van der Waals surface area contributed by atoms with Gasteiger partial charge in [0.25, 0.3) is 0 Å². The Balaban J connectivity index is 2.34. The Kier molecular flexibility index (Phi) is 6.49. The van der Waals surface area contributed by atoms with Gasteiger partial charge in [0.15, 0.2) is 0 Å². The molecule has 0 radical (unpaired) electrons. The number of halogens is 2. The van der Waals surface area contributed by atoms with Gasteiger partial charge in [-0.3, -0.25) is 0 Å². The summed E-state index contributed by atoms with van der Waals surface area (Å²) in [5, 5.41) is 21.9. The quantitative estimate of drug-likeness (QED) is 0.334. The van der Waals surface area contributed by atoms with Crippen LogP contribution in [-0.4, -0.2) is 9.91 Å². The monoisotopic (exact) mass is 382 g/mol. The van der Waals surface area contributed by atoms with Crippen LogP contribution in [0.3, 0.4) is 0 Å². The highest BCUT2D eigenvalue weighted by Crippen LogP contribution is 2.37. The summed E-state index contributed by atoms with van der Waals surface area (Å²) in [6, 6.07) is 3.25. The Hall–Kier alpha value is -2.45. The van der Waals surface area contributed by atoms with Crippen molar-refractivity contribution >= 4 is 29.0 Å². The Morgan fingerprint density at radius 1 is 1.60 bits per heavy atom. The Morgan fingerprint density at radius 3 is 3.04 bits per heavy atom. The summed E-state index contributed by atoms with van der Waals surface area (Å²) in [6.45, 7) is 2.14. The summed E-state index contributed by atoms with van der Waals surface area (Å²) in [5.74, 6) is 4.93. The maximum Gasteiger partial charge on any atom is 0.368 e. The van der Waals surface area contributed by atoms with Gasteiger partial charge in [0, 0.05) is 12.1 Å². The van der Waals surface area contributed by atoms with E-state index in [9.17, 15) is 10.1 Å². The predicted octanol–water partition coefficient (Wildman–Crippen LogP) is 3.90. The van der Waals surface area contributed by atoms with Gasteiger partial charge in [-0.25, -0.2) is 0 Å². The van der Waals surface area contributed by atoms with E-state index in [2.05, 4.69) is 20.6 Å². The summed E-state index contributed by atoms with van der Waals surface area (Å²) in [5.41, 5.74) is 1.70. The van der Waals surface area contributed by atoms with Gasteiger partial charge in [-0.05, 0) is 34.4 Å². The van der Waals surface area contributed by atoms with Gasteiger partial charge >= 0.3 is 5.82 Å². The summed E-state index contributed by atoms with van der Waals surface area (Å²) in [7, 11) is 0. The molecule has 0 aliphatic heterocycles. The summed E-state index contributed by atoms with van der Waals surface area (Å²) in [6.07, 6.45) is 5.32. The average Bonchev–Trinajstić information content (AvgIpc) is 2.60. The van der Waals surface area contributed by atoms with E-state index < -0.39 is 4.92 Å². The van der Waals surface area contributed by atoms with Gasteiger partial charge < -0.3 is 21.3 Å². The zero-order valence-corrected chi connectivity index (χ0v) is 14.8. The third-order valence-electron chi connectivity index (χ3n) is 3.64. The number of aromatic nitrogens is 1. The molecule has 1 heterocycles. The van der Waals surface area contributed by atoms with Gasteiger partial charge in [-0.1, -0.05) is 41.4 Å². The molecule has 0 fully saturated rings. The minimum atomic E-state index is -0.533. The predicted molar refractivity (Wildman–Crippen MR) is 95.5 cm³/mol. The second-order valence-corrected chi connectivity index (χ2v) is 6.07. The maximum absolute atomic E-state index is 11.1. The van der Waals surface area contributed by atoms with Crippen LogP contribution in [0.1, 0.15) is 18.9 Å². The lowest BCUT2D eigenvalue weighted by atomic mass is 9.90. The van der Waals surface area contributed by atoms with Gasteiger partial charge in [0.1, 0.15) is 6.20 Å². The SMILES string of the molecule is CC1CC=C(Cl)C(Cl)=C1/C(=C\N=NN)NCc1cccnc1[N+](=O)[O-]. The molecule has 0 amide bonds. The third-order valence-corrected chi connectivity index (χ3v) is 4.49. The molecule has 1 aromatic rings. The summed E-state index contributed by atoms with van der Waals surface area (Å²) in [4.78, 5) is 14.3. The highest BCUT2D eigenvalue weighted by atomic mass is 35.5. The molecule has 1 atom stereocenters. The zero-order valence-electron chi connectivity index (χ0n) is 13.3. The van der Waals surface area contributed by atoms with Crippen LogP contribution < -0.4 is 11.2 Å². The van der Waals surface area contributed by atoms with E-state index in [1.807, 2.05) is 13.0 Å². The number of pyridine rings is 1. The number of nitrogens with one attached hydrogen (secondary N) is 1. The Bertz CT molecular complexity index is 788. The van der Waals surface area contributed by atoms with Crippen molar-refractivity contribution in [1.29, 1.82) is 0 Å². The Labute approximate surface area is 154 Å². The van der Waals surface area contributed by atoms with Crippen LogP contribution in [-0.2, 0) is 6.54 Å². The number of nitrogens with two attached hydrogens (primary N) is 1. The number of hydrogen-bond donors (Lipinski definition) is 2. The zero-order chi connectivity index (χ0) is 18.4.